The zero-order valence-electron chi connectivity index (χ0n) is 15.7. The number of fused-ring (bicyclic) bond motifs is 5. The standard InChI is InChI=1S/C21H31BrO4/c1-3-18(25)26-20-16(22)10-15-19-14(6-7-21(15,20)2)13-5-4-12(23)8-11(13)9-17(19)24/h9,12-17,19-20,23-24H,3-8,10H2,1-2H3/t12-,13?,14?,15?,16+,17-,19?,20-,21-/m0/s1. The second kappa shape index (κ2) is 6.89. The first-order valence-corrected chi connectivity index (χ1v) is 11.2. The van der Waals surface area contributed by atoms with Crippen LogP contribution >= 0.6 is 15.9 Å². The molecule has 9 atom stereocenters. The molecule has 0 aliphatic heterocycles. The summed E-state index contributed by atoms with van der Waals surface area (Å²) in [5.41, 5.74) is 1.21. The van der Waals surface area contributed by atoms with E-state index in [1.807, 2.05) is 6.92 Å². The molecule has 0 spiro atoms. The Morgan fingerprint density at radius 3 is 2.85 bits per heavy atom. The van der Waals surface area contributed by atoms with E-state index < -0.39 is 6.10 Å². The van der Waals surface area contributed by atoms with Crippen molar-refractivity contribution in [3.63, 3.8) is 0 Å². The van der Waals surface area contributed by atoms with Gasteiger partial charge in [-0.25, -0.2) is 0 Å². The number of esters is 1. The van der Waals surface area contributed by atoms with Crippen LogP contribution in [0, 0.1) is 29.1 Å². The van der Waals surface area contributed by atoms with Gasteiger partial charge in [-0.15, -0.1) is 0 Å². The van der Waals surface area contributed by atoms with Gasteiger partial charge >= 0.3 is 5.97 Å². The van der Waals surface area contributed by atoms with Crippen LogP contribution in [-0.4, -0.2) is 39.3 Å². The fourth-order valence-electron chi connectivity index (χ4n) is 6.64. The highest BCUT2D eigenvalue weighted by atomic mass is 79.9. The normalized spacial score (nSPS) is 50.3. The number of hydrogen-bond acceptors (Lipinski definition) is 4. The molecule has 4 rings (SSSR count). The fraction of sp³-hybridized carbons (Fsp3) is 0.857. The van der Waals surface area contributed by atoms with Crippen LogP contribution in [0.3, 0.4) is 0 Å². The third-order valence-electron chi connectivity index (χ3n) is 7.88. The summed E-state index contributed by atoms with van der Waals surface area (Å²) in [6.07, 6.45) is 7.38. The van der Waals surface area contributed by atoms with E-state index in [9.17, 15) is 15.0 Å². The predicted octanol–water partition coefficient (Wildman–Crippen LogP) is 3.59. The molecule has 3 saturated carbocycles. The summed E-state index contributed by atoms with van der Waals surface area (Å²) in [6.45, 7) is 4.10. The summed E-state index contributed by atoms with van der Waals surface area (Å²) < 4.78 is 5.86. The van der Waals surface area contributed by atoms with E-state index in [2.05, 4.69) is 28.9 Å². The highest BCUT2D eigenvalue weighted by Gasteiger charge is 2.61. The van der Waals surface area contributed by atoms with Crippen molar-refractivity contribution in [1.29, 1.82) is 0 Å². The molecule has 3 fully saturated rings. The van der Waals surface area contributed by atoms with Crippen molar-refractivity contribution >= 4 is 21.9 Å². The molecule has 5 heteroatoms. The molecule has 146 valence electrons. The zero-order valence-corrected chi connectivity index (χ0v) is 17.3. The molecule has 0 saturated heterocycles. The topological polar surface area (TPSA) is 66.8 Å². The number of rotatable bonds is 2. The van der Waals surface area contributed by atoms with Gasteiger partial charge < -0.3 is 14.9 Å². The fourth-order valence-corrected chi connectivity index (χ4v) is 7.76. The largest absolute Gasteiger partial charge is 0.461 e. The van der Waals surface area contributed by atoms with Gasteiger partial charge in [0.1, 0.15) is 6.10 Å². The van der Waals surface area contributed by atoms with Crippen LogP contribution in [0.25, 0.3) is 0 Å². The molecule has 0 amide bonds. The SMILES string of the molecule is CCC(=O)O[C@H]1[C@H](Br)CC2C3C(CC[C@@]21C)C1CC[C@H](O)CC1=C[C@@H]3O. The molecule has 0 aromatic rings. The maximum absolute atomic E-state index is 12.0. The Morgan fingerprint density at radius 2 is 2.12 bits per heavy atom. The Hall–Kier alpha value is -0.390. The number of aliphatic hydroxyl groups is 2. The van der Waals surface area contributed by atoms with Crippen LogP contribution in [0.2, 0.25) is 0 Å². The third kappa shape index (κ3) is 2.89. The minimum absolute atomic E-state index is 0.0688. The summed E-state index contributed by atoms with van der Waals surface area (Å²) >= 11 is 3.79. The van der Waals surface area contributed by atoms with Crippen molar-refractivity contribution < 1.29 is 19.7 Å². The smallest absolute Gasteiger partial charge is 0.305 e. The van der Waals surface area contributed by atoms with Crippen LogP contribution in [-0.2, 0) is 9.53 Å². The first-order valence-electron chi connectivity index (χ1n) is 10.3. The van der Waals surface area contributed by atoms with Crippen LogP contribution in [0.1, 0.15) is 58.8 Å². The number of carbonyl (C=O) groups excluding carboxylic acids is 1. The average Bonchev–Trinajstić information content (AvgIpc) is 2.85. The number of ether oxygens (including phenoxy) is 1. The van der Waals surface area contributed by atoms with Crippen LogP contribution < -0.4 is 0 Å². The number of hydrogen-bond donors (Lipinski definition) is 2. The lowest BCUT2D eigenvalue weighted by molar-refractivity contribution is -0.159. The molecule has 4 aliphatic rings. The lowest BCUT2D eigenvalue weighted by atomic mass is 9.52. The number of halogens is 1. The molecule has 4 aliphatic carbocycles. The van der Waals surface area contributed by atoms with E-state index >= 15 is 0 Å². The summed E-state index contributed by atoms with van der Waals surface area (Å²) in [4.78, 5) is 12.1. The lowest BCUT2D eigenvalue weighted by Crippen LogP contribution is -2.52. The summed E-state index contributed by atoms with van der Waals surface area (Å²) in [5.74, 6) is 1.48. The van der Waals surface area contributed by atoms with E-state index in [1.54, 1.807) is 0 Å². The number of alkyl halides is 1. The van der Waals surface area contributed by atoms with Crippen molar-refractivity contribution in [2.45, 2.75) is 81.9 Å². The van der Waals surface area contributed by atoms with Gasteiger partial charge in [-0.3, -0.25) is 4.79 Å². The third-order valence-corrected chi connectivity index (χ3v) is 8.74. The second-order valence-electron chi connectivity index (χ2n) is 9.18. The maximum atomic E-state index is 12.0. The monoisotopic (exact) mass is 426 g/mol. The molecular formula is C21H31BrO4. The maximum Gasteiger partial charge on any atom is 0.305 e. The molecule has 0 heterocycles. The van der Waals surface area contributed by atoms with Crippen molar-refractivity contribution in [3.8, 4) is 0 Å². The van der Waals surface area contributed by atoms with Gasteiger partial charge in [-0.2, -0.15) is 0 Å². The highest BCUT2D eigenvalue weighted by Crippen LogP contribution is 2.63. The molecule has 4 unspecified atom stereocenters. The van der Waals surface area contributed by atoms with Crippen molar-refractivity contribution in [3.05, 3.63) is 11.6 Å². The van der Waals surface area contributed by atoms with Crippen molar-refractivity contribution in [1.82, 2.24) is 0 Å². The van der Waals surface area contributed by atoms with Gasteiger partial charge in [0.15, 0.2) is 0 Å². The molecule has 4 nitrogen and oxygen atoms in total. The van der Waals surface area contributed by atoms with Crippen molar-refractivity contribution in [2.24, 2.45) is 29.1 Å². The van der Waals surface area contributed by atoms with Gasteiger partial charge in [0.25, 0.3) is 0 Å². The van der Waals surface area contributed by atoms with Crippen LogP contribution in [0.5, 0.6) is 0 Å². The van der Waals surface area contributed by atoms with E-state index in [0.717, 1.165) is 38.5 Å². The van der Waals surface area contributed by atoms with Gasteiger partial charge in [-0.1, -0.05) is 41.4 Å². The lowest BCUT2D eigenvalue weighted by Gasteiger charge is -2.54. The van der Waals surface area contributed by atoms with E-state index in [0.29, 0.717) is 24.2 Å². The first-order chi connectivity index (χ1) is 12.3. The van der Waals surface area contributed by atoms with Crippen molar-refractivity contribution in [2.75, 3.05) is 0 Å². The Bertz CT molecular complexity index is 605. The molecular weight excluding hydrogens is 396 g/mol. The Kier molecular flexibility index (Phi) is 5.02. The minimum Gasteiger partial charge on any atom is -0.461 e. The summed E-state index contributed by atoms with van der Waals surface area (Å²) in [7, 11) is 0. The number of aliphatic hydroxyl groups excluding tert-OH is 2. The Morgan fingerprint density at radius 1 is 1.35 bits per heavy atom. The molecule has 0 bridgehead atoms. The highest BCUT2D eigenvalue weighted by molar-refractivity contribution is 9.09. The summed E-state index contributed by atoms with van der Waals surface area (Å²) in [6, 6.07) is 0. The molecule has 26 heavy (non-hydrogen) atoms. The van der Waals surface area contributed by atoms with E-state index in [1.165, 1.54) is 5.57 Å². The Labute approximate surface area is 164 Å². The average molecular weight is 427 g/mol. The molecule has 0 radical (unpaired) electrons. The zero-order chi connectivity index (χ0) is 18.6. The summed E-state index contributed by atoms with van der Waals surface area (Å²) in [5, 5.41) is 21.0. The quantitative estimate of drug-likeness (QED) is 0.402. The van der Waals surface area contributed by atoms with E-state index in [-0.39, 0.29) is 34.3 Å². The first kappa shape index (κ1) is 18.9. The van der Waals surface area contributed by atoms with Crippen LogP contribution in [0.15, 0.2) is 11.6 Å². The molecule has 0 aromatic heterocycles. The van der Waals surface area contributed by atoms with Gasteiger partial charge in [0.05, 0.1) is 17.0 Å². The minimum atomic E-state index is -0.443. The molecule has 2 N–H and O–H groups in total. The Balaban J connectivity index is 1.62. The number of carbonyl (C=O) groups is 1. The molecule has 0 aromatic carbocycles. The second-order valence-corrected chi connectivity index (χ2v) is 10.4. The van der Waals surface area contributed by atoms with Gasteiger partial charge in [0.2, 0.25) is 0 Å². The van der Waals surface area contributed by atoms with Gasteiger partial charge in [0, 0.05) is 11.8 Å². The predicted molar refractivity (Wildman–Crippen MR) is 103 cm³/mol. The van der Waals surface area contributed by atoms with E-state index in [4.69, 9.17) is 4.74 Å². The van der Waals surface area contributed by atoms with Crippen LogP contribution in [0.4, 0.5) is 0 Å². The van der Waals surface area contributed by atoms with Gasteiger partial charge in [-0.05, 0) is 62.2 Å².